The molecule has 0 saturated carbocycles. The van der Waals surface area contributed by atoms with E-state index in [1.165, 1.54) is 12.1 Å². The van der Waals surface area contributed by atoms with Crippen molar-refractivity contribution in [2.75, 3.05) is 18.9 Å². The van der Waals surface area contributed by atoms with Crippen molar-refractivity contribution < 1.29 is 18.0 Å². The van der Waals surface area contributed by atoms with E-state index in [0.717, 1.165) is 24.3 Å². The lowest BCUT2D eigenvalue weighted by molar-refractivity contribution is -0.117. The van der Waals surface area contributed by atoms with Gasteiger partial charge in [-0.25, -0.2) is 13.2 Å². The van der Waals surface area contributed by atoms with E-state index in [1.807, 2.05) is 0 Å². The van der Waals surface area contributed by atoms with Crippen molar-refractivity contribution in [3.8, 4) is 0 Å². The molecule has 2 aromatic carbocycles. The molecule has 2 rings (SSSR count). The Balaban J connectivity index is 2.02. The Morgan fingerprint density at radius 3 is 2.50 bits per heavy atom. The van der Waals surface area contributed by atoms with Gasteiger partial charge in [0.25, 0.3) is 0 Å². The molecule has 0 aliphatic rings. The molecule has 0 aliphatic carbocycles. The molecule has 0 radical (unpaired) electrons. The van der Waals surface area contributed by atoms with Gasteiger partial charge in [0.2, 0.25) is 5.91 Å². The Morgan fingerprint density at radius 2 is 1.83 bits per heavy atom. The highest BCUT2D eigenvalue weighted by Gasteiger charge is 2.19. The van der Waals surface area contributed by atoms with Crippen LogP contribution in [0.1, 0.15) is 18.5 Å². The lowest BCUT2D eigenvalue weighted by Crippen LogP contribution is -2.32. The van der Waals surface area contributed by atoms with E-state index in [2.05, 4.69) is 5.32 Å². The van der Waals surface area contributed by atoms with Gasteiger partial charge in [0.15, 0.2) is 0 Å². The first kappa shape index (κ1) is 18.3. The number of nitrogens with one attached hydrogen (secondary N) is 1. The molecular formula is C17H16ClF3N2O. The molecule has 1 amide bonds. The molecule has 0 aliphatic heterocycles. The summed E-state index contributed by atoms with van der Waals surface area (Å²) in [7, 11) is 1.62. The zero-order valence-corrected chi connectivity index (χ0v) is 13.9. The molecule has 0 saturated heterocycles. The standard InChI is InChI=1S/C17H16ClF3N2O/c1-10(13-7-11(19)3-5-15(13)20)23(2)9-17(24)22-12-4-6-16(21)14(18)8-12/h3-8,10H,9H2,1-2H3,(H,22,24). The van der Waals surface area contributed by atoms with Crippen molar-refractivity contribution in [3.63, 3.8) is 0 Å². The van der Waals surface area contributed by atoms with Crippen LogP contribution in [0.4, 0.5) is 18.9 Å². The van der Waals surface area contributed by atoms with E-state index >= 15 is 0 Å². The number of carbonyl (C=O) groups is 1. The minimum Gasteiger partial charge on any atom is -0.325 e. The van der Waals surface area contributed by atoms with Gasteiger partial charge in [-0.05, 0) is 50.4 Å². The van der Waals surface area contributed by atoms with Crippen LogP contribution in [0.15, 0.2) is 36.4 Å². The summed E-state index contributed by atoms with van der Waals surface area (Å²) >= 11 is 5.65. The van der Waals surface area contributed by atoms with Crippen molar-refractivity contribution in [1.29, 1.82) is 0 Å². The van der Waals surface area contributed by atoms with Gasteiger partial charge in [0, 0.05) is 17.3 Å². The highest BCUT2D eigenvalue weighted by atomic mass is 35.5. The minimum atomic E-state index is -0.581. The molecule has 2 aromatic rings. The molecule has 1 N–H and O–H groups in total. The smallest absolute Gasteiger partial charge is 0.238 e. The van der Waals surface area contributed by atoms with Crippen molar-refractivity contribution in [2.45, 2.75) is 13.0 Å². The molecule has 7 heteroatoms. The third-order valence-electron chi connectivity index (χ3n) is 3.67. The van der Waals surface area contributed by atoms with Crippen LogP contribution in [0, 0.1) is 17.5 Å². The number of amides is 1. The van der Waals surface area contributed by atoms with Gasteiger partial charge in [0.05, 0.1) is 11.6 Å². The molecule has 0 fully saturated rings. The quantitative estimate of drug-likeness (QED) is 0.861. The van der Waals surface area contributed by atoms with Gasteiger partial charge >= 0.3 is 0 Å². The molecule has 128 valence electrons. The Bertz CT molecular complexity index is 755. The topological polar surface area (TPSA) is 32.3 Å². The van der Waals surface area contributed by atoms with Crippen LogP contribution in [-0.4, -0.2) is 24.4 Å². The van der Waals surface area contributed by atoms with Gasteiger partial charge in [-0.2, -0.15) is 0 Å². The third kappa shape index (κ3) is 4.49. The second-order valence-electron chi connectivity index (χ2n) is 5.43. The molecule has 1 unspecified atom stereocenters. The summed E-state index contributed by atoms with van der Waals surface area (Å²) < 4.78 is 40.2. The Labute approximate surface area is 143 Å². The number of benzene rings is 2. The lowest BCUT2D eigenvalue weighted by Gasteiger charge is -2.25. The summed E-state index contributed by atoms with van der Waals surface area (Å²) in [4.78, 5) is 13.6. The van der Waals surface area contributed by atoms with Crippen LogP contribution in [0.2, 0.25) is 5.02 Å². The highest BCUT2D eigenvalue weighted by molar-refractivity contribution is 6.31. The Morgan fingerprint density at radius 1 is 1.17 bits per heavy atom. The molecule has 3 nitrogen and oxygen atoms in total. The second kappa shape index (κ2) is 7.68. The van der Waals surface area contributed by atoms with Gasteiger partial charge in [-0.3, -0.25) is 9.69 Å². The number of hydrogen-bond acceptors (Lipinski definition) is 2. The first-order chi connectivity index (χ1) is 11.3. The molecule has 0 aromatic heterocycles. The number of nitrogens with zero attached hydrogens (tertiary/aromatic N) is 1. The van der Waals surface area contributed by atoms with Crippen LogP contribution in [0.3, 0.4) is 0 Å². The van der Waals surface area contributed by atoms with Gasteiger partial charge in [-0.1, -0.05) is 11.6 Å². The van der Waals surface area contributed by atoms with Gasteiger partial charge in [0.1, 0.15) is 17.5 Å². The van der Waals surface area contributed by atoms with Gasteiger partial charge < -0.3 is 5.32 Å². The van der Waals surface area contributed by atoms with E-state index in [1.54, 1.807) is 18.9 Å². The van der Waals surface area contributed by atoms with E-state index in [9.17, 15) is 18.0 Å². The summed E-state index contributed by atoms with van der Waals surface area (Å²) in [5, 5.41) is 2.47. The molecular weight excluding hydrogens is 341 g/mol. The fourth-order valence-electron chi connectivity index (χ4n) is 2.21. The number of halogens is 4. The van der Waals surface area contributed by atoms with Gasteiger partial charge in [-0.15, -0.1) is 0 Å². The van der Waals surface area contributed by atoms with E-state index in [0.29, 0.717) is 5.69 Å². The maximum absolute atomic E-state index is 13.8. The number of hydrogen-bond donors (Lipinski definition) is 1. The van der Waals surface area contributed by atoms with Crippen LogP contribution in [-0.2, 0) is 4.79 Å². The first-order valence-electron chi connectivity index (χ1n) is 7.18. The maximum atomic E-state index is 13.8. The number of carbonyl (C=O) groups excluding carboxylic acids is 1. The van der Waals surface area contributed by atoms with Crippen molar-refractivity contribution in [3.05, 3.63) is 64.4 Å². The van der Waals surface area contributed by atoms with E-state index in [-0.39, 0.29) is 23.0 Å². The summed E-state index contributed by atoms with van der Waals surface area (Å²) in [6, 6.07) is 6.51. The van der Waals surface area contributed by atoms with Crippen LogP contribution >= 0.6 is 11.6 Å². The normalized spacial score (nSPS) is 12.3. The number of likely N-dealkylation sites (N-methyl/N-ethyl adjacent to an activating group) is 1. The second-order valence-corrected chi connectivity index (χ2v) is 5.84. The maximum Gasteiger partial charge on any atom is 0.238 e. The van der Waals surface area contributed by atoms with E-state index in [4.69, 9.17) is 11.6 Å². The highest BCUT2D eigenvalue weighted by Crippen LogP contribution is 2.23. The summed E-state index contributed by atoms with van der Waals surface area (Å²) in [6.07, 6.45) is 0. The van der Waals surface area contributed by atoms with Crippen LogP contribution in [0.5, 0.6) is 0 Å². The fraction of sp³-hybridized carbons (Fsp3) is 0.235. The lowest BCUT2D eigenvalue weighted by atomic mass is 10.1. The van der Waals surface area contributed by atoms with Crippen molar-refractivity contribution in [2.24, 2.45) is 0 Å². The zero-order valence-electron chi connectivity index (χ0n) is 13.1. The molecule has 0 bridgehead atoms. The van der Waals surface area contributed by atoms with Crippen LogP contribution < -0.4 is 5.32 Å². The number of rotatable bonds is 5. The average molecular weight is 357 g/mol. The summed E-state index contributed by atoms with van der Waals surface area (Å²) in [5.41, 5.74) is 0.513. The van der Waals surface area contributed by atoms with Crippen molar-refractivity contribution >= 4 is 23.2 Å². The predicted molar refractivity (Wildman–Crippen MR) is 87.4 cm³/mol. The summed E-state index contributed by atoms with van der Waals surface area (Å²) in [6.45, 7) is 1.60. The fourth-order valence-corrected chi connectivity index (χ4v) is 2.39. The Kier molecular flexibility index (Phi) is 5.85. The predicted octanol–water partition coefficient (Wildman–Crippen LogP) is 4.39. The SMILES string of the molecule is CC(c1cc(F)ccc1F)N(C)CC(=O)Nc1ccc(F)c(Cl)c1. The zero-order chi connectivity index (χ0) is 17.9. The molecule has 24 heavy (non-hydrogen) atoms. The monoisotopic (exact) mass is 356 g/mol. The van der Waals surface area contributed by atoms with Crippen molar-refractivity contribution in [1.82, 2.24) is 4.90 Å². The minimum absolute atomic E-state index is 0.0634. The van der Waals surface area contributed by atoms with E-state index < -0.39 is 23.5 Å². The number of anilines is 1. The average Bonchev–Trinajstić information content (AvgIpc) is 2.52. The molecule has 0 spiro atoms. The summed E-state index contributed by atoms with van der Waals surface area (Å²) in [5.74, 6) is -2.05. The van der Waals surface area contributed by atoms with Crippen LogP contribution in [0.25, 0.3) is 0 Å². The molecule has 1 atom stereocenters. The first-order valence-corrected chi connectivity index (χ1v) is 7.56. The molecule has 0 heterocycles. The largest absolute Gasteiger partial charge is 0.325 e. The third-order valence-corrected chi connectivity index (χ3v) is 3.96. The Hall–Kier alpha value is -2.05.